The molecule has 1 aliphatic carbocycles. The Hall–Kier alpha value is -1.18. The maximum atomic E-state index is 13.8. The summed E-state index contributed by atoms with van der Waals surface area (Å²) in [6, 6.07) is 5.21. The monoisotopic (exact) mass is 264 g/mol. The molecular formula is C17H22F2. The summed E-state index contributed by atoms with van der Waals surface area (Å²) in [6.07, 6.45) is 8.95. The highest BCUT2D eigenvalue weighted by molar-refractivity contribution is 5.49. The van der Waals surface area contributed by atoms with Crippen molar-refractivity contribution in [1.29, 1.82) is 0 Å². The van der Waals surface area contributed by atoms with Crippen molar-refractivity contribution in [3.8, 4) is 0 Å². The molecule has 0 heterocycles. The van der Waals surface area contributed by atoms with Crippen molar-refractivity contribution >= 4 is 6.08 Å². The largest absolute Gasteiger partial charge is 0.216 e. The first-order chi connectivity index (χ1) is 9.24. The van der Waals surface area contributed by atoms with Crippen LogP contribution in [0.1, 0.15) is 62.5 Å². The van der Waals surface area contributed by atoms with Gasteiger partial charge in [-0.25, -0.2) is 8.78 Å². The van der Waals surface area contributed by atoms with Crippen molar-refractivity contribution in [2.75, 3.05) is 0 Å². The lowest BCUT2D eigenvalue weighted by molar-refractivity contribution is 0.308. The van der Waals surface area contributed by atoms with Gasteiger partial charge in [-0.3, -0.25) is 0 Å². The average Bonchev–Trinajstić information content (AvgIpc) is 2.43. The molecule has 0 nitrogen and oxygen atoms in total. The van der Waals surface area contributed by atoms with Gasteiger partial charge in [0.25, 0.3) is 0 Å². The van der Waals surface area contributed by atoms with Crippen molar-refractivity contribution < 1.29 is 8.78 Å². The number of hydrogen-bond acceptors (Lipinski definition) is 0. The summed E-state index contributed by atoms with van der Waals surface area (Å²) >= 11 is 0. The molecule has 2 heteroatoms. The van der Waals surface area contributed by atoms with E-state index in [0.29, 0.717) is 17.8 Å². The van der Waals surface area contributed by atoms with Gasteiger partial charge in [-0.05, 0) is 55.2 Å². The molecule has 0 amide bonds. The van der Waals surface area contributed by atoms with Gasteiger partial charge >= 0.3 is 0 Å². The second-order valence-corrected chi connectivity index (χ2v) is 5.58. The van der Waals surface area contributed by atoms with Crippen LogP contribution >= 0.6 is 0 Å². The van der Waals surface area contributed by atoms with Crippen LogP contribution in [0.4, 0.5) is 8.78 Å². The van der Waals surface area contributed by atoms with Gasteiger partial charge in [0.05, 0.1) is 6.33 Å². The van der Waals surface area contributed by atoms with Gasteiger partial charge in [-0.1, -0.05) is 31.9 Å². The fraction of sp³-hybridized carbons (Fsp3) is 0.529. The highest BCUT2D eigenvalue weighted by atomic mass is 19.1. The summed E-state index contributed by atoms with van der Waals surface area (Å²) < 4.78 is 25.9. The molecule has 104 valence electrons. The second-order valence-electron chi connectivity index (χ2n) is 5.58. The lowest BCUT2D eigenvalue weighted by Gasteiger charge is -2.28. The van der Waals surface area contributed by atoms with Crippen LogP contribution in [0.5, 0.6) is 0 Å². The van der Waals surface area contributed by atoms with Gasteiger partial charge in [0.2, 0.25) is 0 Å². The second kappa shape index (κ2) is 6.83. The Morgan fingerprint density at radius 3 is 2.53 bits per heavy atom. The third-order valence-electron chi connectivity index (χ3n) is 4.28. The van der Waals surface area contributed by atoms with Crippen LogP contribution in [-0.2, 0) is 0 Å². The zero-order chi connectivity index (χ0) is 13.7. The predicted molar refractivity (Wildman–Crippen MR) is 76.1 cm³/mol. The maximum Gasteiger partial charge on any atom is 0.130 e. The van der Waals surface area contributed by atoms with E-state index in [4.69, 9.17) is 0 Å². The number of benzene rings is 1. The lowest BCUT2D eigenvalue weighted by atomic mass is 9.77. The van der Waals surface area contributed by atoms with Gasteiger partial charge < -0.3 is 0 Å². The van der Waals surface area contributed by atoms with Gasteiger partial charge in [-0.2, -0.15) is 0 Å². The Morgan fingerprint density at radius 1 is 1.21 bits per heavy atom. The Labute approximate surface area is 114 Å². The molecule has 19 heavy (non-hydrogen) atoms. The van der Waals surface area contributed by atoms with Crippen LogP contribution < -0.4 is 0 Å². The fourth-order valence-electron chi connectivity index (χ4n) is 3.19. The topological polar surface area (TPSA) is 0 Å². The van der Waals surface area contributed by atoms with Gasteiger partial charge in [0, 0.05) is 5.56 Å². The van der Waals surface area contributed by atoms with Crippen molar-refractivity contribution in [1.82, 2.24) is 0 Å². The van der Waals surface area contributed by atoms with Crippen LogP contribution in [0.3, 0.4) is 0 Å². The number of rotatable bonds is 4. The highest BCUT2D eigenvalue weighted by Crippen LogP contribution is 2.37. The molecule has 0 bridgehead atoms. The van der Waals surface area contributed by atoms with Crippen LogP contribution in [0.2, 0.25) is 0 Å². The van der Waals surface area contributed by atoms with Crippen LogP contribution in [0, 0.1) is 11.7 Å². The zero-order valence-corrected chi connectivity index (χ0v) is 11.5. The summed E-state index contributed by atoms with van der Waals surface area (Å²) in [5, 5.41) is 0. The van der Waals surface area contributed by atoms with E-state index in [1.807, 2.05) is 6.07 Å². The van der Waals surface area contributed by atoms with Crippen molar-refractivity contribution in [2.45, 2.75) is 51.4 Å². The fourth-order valence-corrected chi connectivity index (χ4v) is 3.19. The average molecular weight is 264 g/mol. The van der Waals surface area contributed by atoms with Crippen LogP contribution in [0.25, 0.3) is 6.08 Å². The van der Waals surface area contributed by atoms with Crippen molar-refractivity contribution in [2.24, 2.45) is 5.92 Å². The Balaban J connectivity index is 2.01. The van der Waals surface area contributed by atoms with E-state index in [1.54, 1.807) is 12.1 Å². The van der Waals surface area contributed by atoms with E-state index in [9.17, 15) is 8.78 Å². The van der Waals surface area contributed by atoms with Crippen molar-refractivity contribution in [3.63, 3.8) is 0 Å². The van der Waals surface area contributed by atoms with E-state index in [1.165, 1.54) is 25.7 Å². The van der Waals surface area contributed by atoms with Gasteiger partial charge in [-0.15, -0.1) is 0 Å². The normalized spacial score (nSPS) is 23.9. The summed E-state index contributed by atoms with van der Waals surface area (Å²) in [6.45, 7) is 2.23. The van der Waals surface area contributed by atoms with E-state index in [0.717, 1.165) is 30.4 Å². The molecule has 0 aromatic heterocycles. The molecule has 0 N–H and O–H groups in total. The van der Waals surface area contributed by atoms with Crippen LogP contribution in [-0.4, -0.2) is 0 Å². The summed E-state index contributed by atoms with van der Waals surface area (Å²) in [5.74, 6) is 1.02. The minimum absolute atomic E-state index is 0.318. The molecule has 1 fully saturated rings. The molecule has 0 spiro atoms. The van der Waals surface area contributed by atoms with Gasteiger partial charge in [0.15, 0.2) is 0 Å². The Kier molecular flexibility index (Phi) is 5.12. The standard InChI is InChI=1S/C17H22F2/c1-2-3-13-4-6-14(7-5-13)16-9-8-15(10-11-18)17(19)12-16/h8-14H,2-7H2,1H3. The third kappa shape index (κ3) is 3.65. The Bertz CT molecular complexity index is 429. The SMILES string of the molecule is CCCC1CCC(c2ccc(C=CF)c(F)c2)CC1. The summed E-state index contributed by atoms with van der Waals surface area (Å²) in [5.41, 5.74) is 1.40. The van der Waals surface area contributed by atoms with E-state index >= 15 is 0 Å². The third-order valence-corrected chi connectivity index (χ3v) is 4.28. The minimum Gasteiger partial charge on any atom is -0.216 e. The number of hydrogen-bond donors (Lipinski definition) is 0. The highest BCUT2D eigenvalue weighted by Gasteiger charge is 2.22. The molecule has 1 aromatic carbocycles. The van der Waals surface area contributed by atoms with E-state index < -0.39 is 0 Å². The minimum atomic E-state index is -0.318. The molecule has 1 saturated carbocycles. The Morgan fingerprint density at radius 2 is 1.95 bits per heavy atom. The molecule has 0 saturated heterocycles. The summed E-state index contributed by atoms with van der Waals surface area (Å²) in [4.78, 5) is 0. The molecule has 0 radical (unpaired) electrons. The summed E-state index contributed by atoms with van der Waals surface area (Å²) in [7, 11) is 0. The first-order valence-corrected chi connectivity index (χ1v) is 7.30. The van der Waals surface area contributed by atoms with Crippen LogP contribution in [0.15, 0.2) is 24.5 Å². The molecule has 2 rings (SSSR count). The molecule has 0 aliphatic heterocycles. The van der Waals surface area contributed by atoms with E-state index in [-0.39, 0.29) is 5.82 Å². The maximum absolute atomic E-state index is 13.8. The molecule has 0 unspecified atom stereocenters. The molecule has 1 aliphatic rings. The first-order valence-electron chi connectivity index (χ1n) is 7.30. The number of halogens is 2. The molecule has 0 atom stereocenters. The molecular weight excluding hydrogens is 242 g/mol. The molecule has 1 aromatic rings. The quantitative estimate of drug-likeness (QED) is 0.641. The van der Waals surface area contributed by atoms with Gasteiger partial charge in [0.1, 0.15) is 5.82 Å². The predicted octanol–water partition coefficient (Wildman–Crippen LogP) is 5.84. The lowest BCUT2D eigenvalue weighted by Crippen LogP contribution is -2.13. The zero-order valence-electron chi connectivity index (χ0n) is 11.5. The first kappa shape index (κ1) is 14.2. The van der Waals surface area contributed by atoms with Crippen molar-refractivity contribution in [3.05, 3.63) is 41.5 Å². The smallest absolute Gasteiger partial charge is 0.130 e. The van der Waals surface area contributed by atoms with E-state index in [2.05, 4.69) is 6.92 Å².